The van der Waals surface area contributed by atoms with E-state index >= 15 is 0 Å². The normalized spacial score (nSPS) is 18.6. The summed E-state index contributed by atoms with van der Waals surface area (Å²) in [5, 5.41) is 22.9. The Balaban J connectivity index is 1.54. The van der Waals surface area contributed by atoms with Crippen molar-refractivity contribution in [3.63, 3.8) is 0 Å². The fourth-order valence-electron chi connectivity index (χ4n) is 4.18. The average Bonchev–Trinajstić information content (AvgIpc) is 2.72. The monoisotopic (exact) mass is 480 g/mol. The fourth-order valence-corrected chi connectivity index (χ4v) is 4.64. The van der Waals surface area contributed by atoms with Crippen molar-refractivity contribution < 1.29 is 5.11 Å². The Kier molecular flexibility index (Phi) is 5.82. The molecule has 3 heterocycles. The number of aliphatic hydroxyl groups is 1. The highest BCUT2D eigenvalue weighted by Crippen LogP contribution is 2.32. The number of nitriles is 1. The highest BCUT2D eigenvalue weighted by atomic mass is 79.9. The van der Waals surface area contributed by atoms with Crippen molar-refractivity contribution in [2.45, 2.75) is 45.8 Å². The maximum atomic E-state index is 10.3. The molecule has 1 aromatic carbocycles. The van der Waals surface area contributed by atoms with Gasteiger partial charge in [0.1, 0.15) is 24.1 Å². The summed E-state index contributed by atoms with van der Waals surface area (Å²) in [7, 11) is 0. The molecule has 0 amide bonds. The third kappa shape index (κ3) is 4.48. The van der Waals surface area contributed by atoms with Gasteiger partial charge in [0, 0.05) is 34.9 Å². The minimum atomic E-state index is -0.869. The zero-order valence-electron chi connectivity index (χ0n) is 17.9. The van der Waals surface area contributed by atoms with Gasteiger partial charge in [-0.25, -0.2) is 15.0 Å². The van der Waals surface area contributed by atoms with Crippen LogP contribution >= 0.6 is 15.9 Å². The number of anilines is 2. The van der Waals surface area contributed by atoms with Crippen molar-refractivity contribution in [3.8, 4) is 6.07 Å². The summed E-state index contributed by atoms with van der Waals surface area (Å²) >= 11 is 3.48. The average molecular weight is 481 g/mol. The van der Waals surface area contributed by atoms with Gasteiger partial charge in [-0.05, 0) is 65.9 Å². The molecule has 8 heteroatoms. The lowest BCUT2D eigenvalue weighted by molar-refractivity contribution is 0.108. The van der Waals surface area contributed by atoms with Crippen LogP contribution in [0.2, 0.25) is 0 Å². The molecule has 1 aromatic heterocycles. The third-order valence-electron chi connectivity index (χ3n) is 5.80. The largest absolute Gasteiger partial charge is 0.386 e. The van der Waals surface area contributed by atoms with E-state index in [0.29, 0.717) is 12.1 Å². The molecule has 0 saturated heterocycles. The summed E-state index contributed by atoms with van der Waals surface area (Å²) in [5.41, 5.74) is 3.85. The summed E-state index contributed by atoms with van der Waals surface area (Å²) < 4.78 is 0.797. The summed E-state index contributed by atoms with van der Waals surface area (Å²) in [6, 6.07) is 7.96. The summed E-state index contributed by atoms with van der Waals surface area (Å²) in [6.07, 6.45) is 4.89. The first-order valence-electron chi connectivity index (χ1n) is 10.3. The number of nitrogens with zero attached hydrogens (tertiary/aromatic N) is 5. The Labute approximate surface area is 190 Å². The van der Waals surface area contributed by atoms with Crippen molar-refractivity contribution in [1.29, 1.82) is 5.26 Å². The highest BCUT2D eigenvalue weighted by Gasteiger charge is 2.28. The number of hydrogen-bond acceptors (Lipinski definition) is 7. The molecule has 7 nitrogen and oxygen atoms in total. The molecular formula is C23H25BrN6O. The zero-order chi connectivity index (χ0) is 22.2. The van der Waals surface area contributed by atoms with Crippen LogP contribution in [0, 0.1) is 17.2 Å². The van der Waals surface area contributed by atoms with Gasteiger partial charge in [0.15, 0.2) is 0 Å². The second-order valence-corrected chi connectivity index (χ2v) is 9.40. The van der Waals surface area contributed by atoms with Crippen molar-refractivity contribution in [2.24, 2.45) is 10.9 Å². The molecule has 1 atom stereocenters. The van der Waals surface area contributed by atoms with E-state index in [1.807, 2.05) is 18.2 Å². The van der Waals surface area contributed by atoms with Gasteiger partial charge in [0.25, 0.3) is 0 Å². The molecule has 31 heavy (non-hydrogen) atoms. The number of halogens is 1. The van der Waals surface area contributed by atoms with Crippen LogP contribution in [0.4, 0.5) is 11.5 Å². The smallest absolute Gasteiger partial charge is 0.138 e. The molecule has 160 valence electrons. The number of aromatic nitrogens is 2. The van der Waals surface area contributed by atoms with Gasteiger partial charge in [0.05, 0.1) is 23.4 Å². The minimum Gasteiger partial charge on any atom is -0.386 e. The van der Waals surface area contributed by atoms with E-state index in [4.69, 9.17) is 5.26 Å². The quantitative estimate of drug-likeness (QED) is 0.683. The van der Waals surface area contributed by atoms with Gasteiger partial charge >= 0.3 is 0 Å². The van der Waals surface area contributed by atoms with E-state index in [-0.39, 0.29) is 5.92 Å². The van der Waals surface area contributed by atoms with Gasteiger partial charge in [-0.1, -0.05) is 6.92 Å². The van der Waals surface area contributed by atoms with E-state index in [2.05, 4.69) is 54.1 Å². The van der Waals surface area contributed by atoms with Crippen molar-refractivity contribution in [1.82, 2.24) is 9.97 Å². The topological polar surface area (TPSA) is 97.4 Å². The lowest BCUT2D eigenvalue weighted by atomic mass is 9.85. The summed E-state index contributed by atoms with van der Waals surface area (Å²) in [4.78, 5) is 15.8. The lowest BCUT2D eigenvalue weighted by Crippen LogP contribution is -2.33. The molecule has 2 N–H and O–H groups in total. The van der Waals surface area contributed by atoms with E-state index in [1.165, 1.54) is 0 Å². The van der Waals surface area contributed by atoms with Crippen LogP contribution in [0.25, 0.3) is 0 Å². The molecule has 4 rings (SSSR count). The first-order valence-corrected chi connectivity index (χ1v) is 11.1. The Morgan fingerprint density at radius 1 is 1.32 bits per heavy atom. The number of aliphatic imine (C=N–C) groups is 1. The van der Waals surface area contributed by atoms with Gasteiger partial charge in [-0.2, -0.15) is 5.26 Å². The maximum absolute atomic E-state index is 10.3. The fraction of sp³-hybridized carbons (Fsp3) is 0.391. The van der Waals surface area contributed by atoms with Crippen LogP contribution in [-0.2, 0) is 13.0 Å². The van der Waals surface area contributed by atoms with Gasteiger partial charge in [0.2, 0.25) is 0 Å². The minimum absolute atomic E-state index is 0.197. The molecule has 2 aliphatic rings. The highest BCUT2D eigenvalue weighted by molar-refractivity contribution is 9.10. The number of hydrogen-bond donors (Lipinski definition) is 2. The van der Waals surface area contributed by atoms with Crippen LogP contribution in [0.3, 0.4) is 0 Å². The molecule has 0 radical (unpaired) electrons. The van der Waals surface area contributed by atoms with E-state index in [9.17, 15) is 5.11 Å². The molecular weight excluding hydrogens is 456 g/mol. The van der Waals surface area contributed by atoms with Crippen molar-refractivity contribution in [3.05, 3.63) is 57.6 Å². The van der Waals surface area contributed by atoms with Gasteiger partial charge in [-0.3, -0.25) is 0 Å². The number of amidine groups is 1. The molecule has 2 aromatic rings. The molecule has 1 unspecified atom stereocenters. The molecule has 2 aliphatic heterocycles. The second kappa shape index (κ2) is 8.40. The van der Waals surface area contributed by atoms with Crippen molar-refractivity contribution in [2.75, 3.05) is 16.8 Å². The molecule has 0 fully saturated rings. The molecule has 0 aliphatic carbocycles. The summed E-state index contributed by atoms with van der Waals surface area (Å²) in [6.45, 7) is 7.20. The van der Waals surface area contributed by atoms with E-state index in [0.717, 1.165) is 58.0 Å². The Bertz CT molecular complexity index is 1110. The maximum Gasteiger partial charge on any atom is 0.138 e. The Hall–Kier alpha value is -2.76. The number of benzene rings is 1. The standard InChI is InChI=1S/C23H25BrN6O/c1-14-8-21(26-11-18(14)23(2,3)31)29-22-17-6-7-30(12-20(17)27-13-28-22)16-5-4-15(10-25)19(24)9-16/h4-5,9,11,13-14,31H,6-8,12H2,1-3H3,(H,26,27,28,29). The van der Waals surface area contributed by atoms with E-state index in [1.54, 1.807) is 26.4 Å². The molecule has 0 spiro atoms. The van der Waals surface area contributed by atoms with Crippen molar-refractivity contribution >= 4 is 33.3 Å². The predicted octanol–water partition coefficient (Wildman–Crippen LogP) is 4.18. The number of nitrogens with one attached hydrogen (secondary N) is 1. The van der Waals surface area contributed by atoms with Crippen LogP contribution < -0.4 is 10.2 Å². The molecule has 0 saturated carbocycles. The van der Waals surface area contributed by atoms with Crippen LogP contribution in [-0.4, -0.2) is 33.1 Å². The Morgan fingerprint density at radius 2 is 2.13 bits per heavy atom. The van der Waals surface area contributed by atoms with E-state index < -0.39 is 5.60 Å². The van der Waals surface area contributed by atoms with Gasteiger partial charge < -0.3 is 15.3 Å². The number of fused-ring (bicyclic) bond motifs is 1. The van der Waals surface area contributed by atoms with Gasteiger partial charge in [-0.15, -0.1) is 0 Å². The Morgan fingerprint density at radius 3 is 2.81 bits per heavy atom. The van der Waals surface area contributed by atoms with Crippen LogP contribution in [0.1, 0.15) is 44.0 Å². The zero-order valence-corrected chi connectivity index (χ0v) is 19.4. The predicted molar refractivity (Wildman–Crippen MR) is 125 cm³/mol. The SMILES string of the molecule is CC1CC(Nc2ncnc3c2CCN(c2ccc(C#N)c(Br)c2)C3)=NC=C1C(C)(C)O. The summed E-state index contributed by atoms with van der Waals surface area (Å²) in [5.74, 6) is 1.85. The number of rotatable bonds is 3. The lowest BCUT2D eigenvalue weighted by Gasteiger charge is -2.32. The molecule has 0 bridgehead atoms. The first kappa shape index (κ1) is 21.5. The first-order chi connectivity index (χ1) is 14.8. The van der Waals surface area contributed by atoms with Crippen LogP contribution in [0.5, 0.6) is 0 Å². The second-order valence-electron chi connectivity index (χ2n) is 8.54. The third-order valence-corrected chi connectivity index (χ3v) is 6.46. The van der Waals surface area contributed by atoms with Crippen LogP contribution in [0.15, 0.2) is 45.8 Å².